The van der Waals surface area contributed by atoms with E-state index in [-0.39, 0.29) is 17.7 Å². The average Bonchev–Trinajstić information content (AvgIpc) is 2.73. The number of amides is 2. The molecule has 30 heavy (non-hydrogen) atoms. The average molecular weight is 414 g/mol. The summed E-state index contributed by atoms with van der Waals surface area (Å²) in [5.41, 5.74) is 1.78. The lowest BCUT2D eigenvalue weighted by molar-refractivity contribution is -0.128. The summed E-state index contributed by atoms with van der Waals surface area (Å²) in [7, 11) is 4.08. The second kappa shape index (κ2) is 8.73. The van der Waals surface area contributed by atoms with E-state index in [1.165, 1.54) is 33.5 Å². The topological polar surface area (TPSA) is 112 Å². The fourth-order valence-corrected chi connectivity index (χ4v) is 3.03. The maximum absolute atomic E-state index is 12.6. The van der Waals surface area contributed by atoms with E-state index >= 15 is 0 Å². The van der Waals surface area contributed by atoms with Crippen LogP contribution >= 0.6 is 0 Å². The Morgan fingerprint density at radius 2 is 1.80 bits per heavy atom. The Bertz CT molecular complexity index is 1000. The Balaban J connectivity index is 1.79. The SMILES string of the molecule is COC(=O)c1cc(OC)c(OC)cc1NC(=O)CC1Oc2ccc(C)cc2NC1=O. The molecule has 0 aliphatic carbocycles. The predicted octanol–water partition coefficient (Wildman–Crippen LogP) is 2.53. The van der Waals surface area contributed by atoms with Gasteiger partial charge in [-0.25, -0.2) is 4.79 Å². The fourth-order valence-electron chi connectivity index (χ4n) is 3.03. The van der Waals surface area contributed by atoms with Crippen LogP contribution in [0.3, 0.4) is 0 Å². The highest BCUT2D eigenvalue weighted by Crippen LogP contribution is 2.34. The molecule has 9 nitrogen and oxygen atoms in total. The molecule has 0 spiro atoms. The molecular weight excluding hydrogens is 392 g/mol. The van der Waals surface area contributed by atoms with E-state index in [2.05, 4.69) is 10.6 Å². The first-order valence-corrected chi connectivity index (χ1v) is 9.08. The summed E-state index contributed by atoms with van der Waals surface area (Å²) in [6.07, 6.45) is -1.27. The third-order valence-corrected chi connectivity index (χ3v) is 4.53. The van der Waals surface area contributed by atoms with Crippen molar-refractivity contribution in [3.8, 4) is 17.2 Å². The van der Waals surface area contributed by atoms with E-state index in [4.69, 9.17) is 18.9 Å². The molecule has 0 bridgehead atoms. The summed E-state index contributed by atoms with van der Waals surface area (Å²) in [6.45, 7) is 1.90. The molecule has 2 aromatic rings. The largest absolute Gasteiger partial charge is 0.493 e. The number of aryl methyl sites for hydroxylation is 1. The third kappa shape index (κ3) is 4.29. The van der Waals surface area contributed by atoms with E-state index < -0.39 is 23.9 Å². The Morgan fingerprint density at radius 1 is 1.10 bits per heavy atom. The van der Waals surface area contributed by atoms with Gasteiger partial charge >= 0.3 is 5.97 Å². The van der Waals surface area contributed by atoms with Crippen molar-refractivity contribution >= 4 is 29.2 Å². The standard InChI is InChI=1S/C21H22N2O7/c1-11-5-6-15-14(7-11)23-20(25)18(30-15)10-19(24)22-13-9-17(28-3)16(27-2)8-12(13)21(26)29-4/h5-9,18H,10H2,1-4H3,(H,22,24)(H,23,25). The van der Waals surface area contributed by atoms with E-state index in [0.717, 1.165) is 5.56 Å². The highest BCUT2D eigenvalue weighted by Gasteiger charge is 2.30. The van der Waals surface area contributed by atoms with Crippen LogP contribution in [-0.2, 0) is 14.3 Å². The molecule has 9 heteroatoms. The zero-order valence-corrected chi connectivity index (χ0v) is 17.0. The van der Waals surface area contributed by atoms with Crippen molar-refractivity contribution in [2.24, 2.45) is 0 Å². The number of anilines is 2. The summed E-state index contributed by atoms with van der Waals surface area (Å²) in [5, 5.41) is 5.35. The zero-order valence-electron chi connectivity index (χ0n) is 17.0. The first kappa shape index (κ1) is 21.0. The molecule has 0 radical (unpaired) electrons. The molecule has 158 valence electrons. The fraction of sp³-hybridized carbons (Fsp3) is 0.286. The lowest BCUT2D eigenvalue weighted by Gasteiger charge is -2.26. The smallest absolute Gasteiger partial charge is 0.340 e. The number of carbonyl (C=O) groups excluding carboxylic acids is 3. The highest BCUT2D eigenvalue weighted by atomic mass is 16.5. The number of hydrogen-bond donors (Lipinski definition) is 2. The number of nitrogens with one attached hydrogen (secondary N) is 2. The second-order valence-electron chi connectivity index (χ2n) is 6.59. The van der Waals surface area contributed by atoms with Gasteiger partial charge in [0.2, 0.25) is 5.91 Å². The number of rotatable bonds is 6. The van der Waals surface area contributed by atoms with Crippen LogP contribution in [0.1, 0.15) is 22.3 Å². The maximum atomic E-state index is 12.6. The quantitative estimate of drug-likeness (QED) is 0.699. The van der Waals surface area contributed by atoms with Gasteiger partial charge in [-0.3, -0.25) is 9.59 Å². The van der Waals surface area contributed by atoms with Gasteiger partial charge in [-0.1, -0.05) is 6.07 Å². The molecule has 1 unspecified atom stereocenters. The minimum Gasteiger partial charge on any atom is -0.493 e. The molecule has 0 aromatic heterocycles. The molecule has 1 aliphatic rings. The van der Waals surface area contributed by atoms with Crippen LogP contribution in [0.4, 0.5) is 11.4 Å². The predicted molar refractivity (Wildman–Crippen MR) is 108 cm³/mol. The molecule has 1 heterocycles. The molecule has 0 saturated heterocycles. The third-order valence-electron chi connectivity index (χ3n) is 4.53. The van der Waals surface area contributed by atoms with Gasteiger partial charge in [0.25, 0.3) is 5.91 Å². The first-order valence-electron chi connectivity index (χ1n) is 9.08. The number of ether oxygens (including phenoxy) is 4. The Kier molecular flexibility index (Phi) is 6.10. The van der Waals surface area contributed by atoms with E-state index in [0.29, 0.717) is 22.9 Å². The van der Waals surface area contributed by atoms with Crippen molar-refractivity contribution in [1.29, 1.82) is 0 Å². The Hall–Kier alpha value is -3.75. The van der Waals surface area contributed by atoms with Gasteiger partial charge < -0.3 is 29.6 Å². The van der Waals surface area contributed by atoms with Gasteiger partial charge in [-0.2, -0.15) is 0 Å². The summed E-state index contributed by atoms with van der Waals surface area (Å²) < 4.78 is 20.9. The van der Waals surface area contributed by atoms with Crippen LogP contribution < -0.4 is 24.8 Å². The molecule has 2 N–H and O–H groups in total. The van der Waals surface area contributed by atoms with Crippen molar-refractivity contribution in [3.63, 3.8) is 0 Å². The van der Waals surface area contributed by atoms with Crippen LogP contribution in [0.5, 0.6) is 17.2 Å². The van der Waals surface area contributed by atoms with E-state index in [1.54, 1.807) is 12.1 Å². The molecule has 2 amide bonds. The number of methoxy groups -OCH3 is 3. The minimum absolute atomic E-state index is 0.0818. The number of esters is 1. The van der Waals surface area contributed by atoms with Gasteiger partial charge in [-0.15, -0.1) is 0 Å². The van der Waals surface area contributed by atoms with Crippen LogP contribution in [0.15, 0.2) is 30.3 Å². The number of hydrogen-bond acceptors (Lipinski definition) is 7. The van der Waals surface area contributed by atoms with Gasteiger partial charge in [0.05, 0.1) is 44.7 Å². The highest BCUT2D eigenvalue weighted by molar-refractivity contribution is 6.05. The van der Waals surface area contributed by atoms with Crippen molar-refractivity contribution in [1.82, 2.24) is 0 Å². The normalized spacial score (nSPS) is 14.7. The van der Waals surface area contributed by atoms with Crippen molar-refractivity contribution < 1.29 is 33.3 Å². The summed E-state index contributed by atoms with van der Waals surface area (Å²) in [6, 6.07) is 8.22. The van der Waals surface area contributed by atoms with Crippen LogP contribution in [-0.4, -0.2) is 45.2 Å². The monoisotopic (exact) mass is 414 g/mol. The Morgan fingerprint density at radius 3 is 2.47 bits per heavy atom. The molecule has 0 fully saturated rings. The van der Waals surface area contributed by atoms with Crippen LogP contribution in [0.25, 0.3) is 0 Å². The number of fused-ring (bicyclic) bond motifs is 1. The summed E-state index contributed by atoms with van der Waals surface area (Å²) in [4.78, 5) is 37.1. The number of carbonyl (C=O) groups is 3. The van der Waals surface area contributed by atoms with Crippen molar-refractivity contribution in [2.75, 3.05) is 32.0 Å². The minimum atomic E-state index is -1.01. The molecule has 1 aliphatic heterocycles. The van der Waals surface area contributed by atoms with Crippen LogP contribution in [0.2, 0.25) is 0 Å². The molecule has 0 saturated carbocycles. The summed E-state index contributed by atoms with van der Waals surface area (Å²) >= 11 is 0. The van der Waals surface area contributed by atoms with Gasteiger partial charge in [0.15, 0.2) is 17.6 Å². The van der Waals surface area contributed by atoms with Gasteiger partial charge in [0.1, 0.15) is 5.75 Å². The van der Waals surface area contributed by atoms with Gasteiger partial charge in [-0.05, 0) is 24.6 Å². The lowest BCUT2D eigenvalue weighted by atomic mass is 10.1. The molecular formula is C21H22N2O7. The van der Waals surface area contributed by atoms with Crippen molar-refractivity contribution in [3.05, 3.63) is 41.5 Å². The summed E-state index contributed by atoms with van der Waals surface area (Å²) in [5.74, 6) is -0.511. The first-order chi connectivity index (χ1) is 14.4. The van der Waals surface area contributed by atoms with Gasteiger partial charge in [0, 0.05) is 12.1 Å². The molecule has 2 aromatic carbocycles. The second-order valence-corrected chi connectivity index (χ2v) is 6.59. The van der Waals surface area contributed by atoms with Crippen LogP contribution in [0, 0.1) is 6.92 Å². The maximum Gasteiger partial charge on any atom is 0.340 e. The van der Waals surface area contributed by atoms with E-state index in [1.807, 2.05) is 13.0 Å². The molecule has 3 rings (SSSR count). The zero-order chi connectivity index (χ0) is 21.8. The number of benzene rings is 2. The Labute approximate surface area is 173 Å². The lowest BCUT2D eigenvalue weighted by Crippen LogP contribution is -2.39. The molecule has 1 atom stereocenters. The van der Waals surface area contributed by atoms with E-state index in [9.17, 15) is 14.4 Å². The van der Waals surface area contributed by atoms with Crippen molar-refractivity contribution in [2.45, 2.75) is 19.4 Å².